The molecule has 3 rings (SSSR count). The van der Waals surface area contributed by atoms with Gasteiger partial charge in [0.25, 0.3) is 0 Å². The van der Waals surface area contributed by atoms with Crippen molar-refractivity contribution in [3.05, 3.63) is 47.6 Å². The van der Waals surface area contributed by atoms with Gasteiger partial charge in [-0.05, 0) is 32.1 Å². The van der Waals surface area contributed by atoms with Crippen LogP contribution in [-0.2, 0) is 13.0 Å². The highest BCUT2D eigenvalue weighted by Gasteiger charge is 2.15. The minimum Gasteiger partial charge on any atom is -0.338 e. The molecule has 5 nitrogen and oxygen atoms in total. The Labute approximate surface area is 125 Å². The van der Waals surface area contributed by atoms with Gasteiger partial charge in [-0.15, -0.1) is 0 Å². The van der Waals surface area contributed by atoms with Crippen molar-refractivity contribution in [2.45, 2.75) is 19.4 Å². The van der Waals surface area contributed by atoms with E-state index in [9.17, 15) is 0 Å². The average molecular weight is 286 g/mol. The first-order valence-electron chi connectivity index (χ1n) is 7.56. The van der Waals surface area contributed by atoms with E-state index in [1.807, 2.05) is 18.2 Å². The Morgan fingerprint density at radius 1 is 1.10 bits per heavy atom. The number of likely N-dealkylation sites (N-methyl/N-ethyl adjacent to an activating group) is 1. The Balaban J connectivity index is 1.57. The molecule has 0 saturated carbocycles. The van der Waals surface area contributed by atoms with Crippen LogP contribution in [0.3, 0.4) is 0 Å². The van der Waals surface area contributed by atoms with Gasteiger partial charge in [0.15, 0.2) is 5.82 Å². The number of hydrogen-bond acceptors (Lipinski definition) is 5. The molecule has 0 unspecified atom stereocenters. The molecule has 21 heavy (non-hydrogen) atoms. The van der Waals surface area contributed by atoms with Crippen molar-refractivity contribution in [3.63, 3.8) is 0 Å². The zero-order valence-corrected chi connectivity index (χ0v) is 12.5. The van der Waals surface area contributed by atoms with Crippen molar-refractivity contribution < 1.29 is 4.52 Å². The molecule has 1 aliphatic rings. The van der Waals surface area contributed by atoms with Crippen LogP contribution in [0.1, 0.15) is 23.7 Å². The summed E-state index contributed by atoms with van der Waals surface area (Å²) in [6.07, 6.45) is 1.93. The summed E-state index contributed by atoms with van der Waals surface area (Å²) >= 11 is 0. The van der Waals surface area contributed by atoms with Gasteiger partial charge in [0, 0.05) is 19.5 Å². The van der Waals surface area contributed by atoms with Crippen LogP contribution in [-0.4, -0.2) is 53.2 Å². The van der Waals surface area contributed by atoms with E-state index < -0.39 is 0 Å². The number of aromatic nitrogens is 2. The van der Waals surface area contributed by atoms with Gasteiger partial charge in [0.1, 0.15) is 0 Å². The Morgan fingerprint density at radius 3 is 2.81 bits per heavy atom. The highest BCUT2D eigenvalue weighted by Crippen LogP contribution is 2.09. The summed E-state index contributed by atoms with van der Waals surface area (Å²) in [6, 6.07) is 10.2. The normalized spacial score (nSPS) is 17.8. The van der Waals surface area contributed by atoms with Crippen LogP contribution in [0.5, 0.6) is 0 Å². The standard InChI is InChI=1S/C16H22N4O/c1-19-8-5-9-20(11-10-19)13-16-17-15(18-21-16)12-14-6-3-2-4-7-14/h2-4,6-7H,5,8-13H2,1H3. The van der Waals surface area contributed by atoms with Gasteiger partial charge in [-0.25, -0.2) is 0 Å². The van der Waals surface area contributed by atoms with Crippen molar-refractivity contribution in [1.82, 2.24) is 19.9 Å². The molecular formula is C16H22N4O. The molecule has 2 aromatic rings. The van der Waals surface area contributed by atoms with Crippen LogP contribution >= 0.6 is 0 Å². The molecule has 1 aromatic carbocycles. The fraction of sp³-hybridized carbons (Fsp3) is 0.500. The van der Waals surface area contributed by atoms with E-state index in [4.69, 9.17) is 4.52 Å². The molecule has 0 aliphatic carbocycles. The zero-order valence-electron chi connectivity index (χ0n) is 12.5. The summed E-state index contributed by atoms with van der Waals surface area (Å²) in [5, 5.41) is 4.09. The van der Waals surface area contributed by atoms with Gasteiger partial charge >= 0.3 is 0 Å². The smallest absolute Gasteiger partial charge is 0.240 e. The third-order valence-electron chi connectivity index (χ3n) is 3.89. The maximum atomic E-state index is 5.39. The third-order valence-corrected chi connectivity index (χ3v) is 3.89. The maximum Gasteiger partial charge on any atom is 0.240 e. The molecule has 112 valence electrons. The third kappa shape index (κ3) is 4.12. The van der Waals surface area contributed by atoms with Crippen molar-refractivity contribution in [3.8, 4) is 0 Å². The monoisotopic (exact) mass is 286 g/mol. The lowest BCUT2D eigenvalue weighted by molar-refractivity contribution is 0.231. The van der Waals surface area contributed by atoms with Gasteiger partial charge < -0.3 is 9.42 Å². The van der Waals surface area contributed by atoms with E-state index in [0.717, 1.165) is 44.3 Å². The summed E-state index contributed by atoms with van der Waals surface area (Å²) in [5.41, 5.74) is 1.21. The summed E-state index contributed by atoms with van der Waals surface area (Å²) in [5.74, 6) is 1.49. The molecule has 1 saturated heterocycles. The molecule has 1 aromatic heterocycles. The molecule has 0 bridgehead atoms. The molecular weight excluding hydrogens is 264 g/mol. The molecule has 2 heterocycles. The fourth-order valence-corrected chi connectivity index (χ4v) is 2.65. The first-order valence-corrected chi connectivity index (χ1v) is 7.56. The van der Waals surface area contributed by atoms with Crippen LogP contribution in [0, 0.1) is 0 Å². The van der Waals surface area contributed by atoms with Crippen LogP contribution in [0.15, 0.2) is 34.9 Å². The highest BCUT2D eigenvalue weighted by molar-refractivity contribution is 5.18. The van der Waals surface area contributed by atoms with E-state index >= 15 is 0 Å². The zero-order chi connectivity index (χ0) is 14.5. The Bertz CT molecular complexity index is 554. The summed E-state index contributed by atoms with van der Waals surface area (Å²) in [6.45, 7) is 5.19. The van der Waals surface area contributed by atoms with Gasteiger partial charge in [-0.1, -0.05) is 35.5 Å². The van der Waals surface area contributed by atoms with Crippen molar-refractivity contribution >= 4 is 0 Å². The summed E-state index contributed by atoms with van der Waals surface area (Å²) in [7, 11) is 2.17. The van der Waals surface area contributed by atoms with Crippen molar-refractivity contribution in [1.29, 1.82) is 0 Å². The molecule has 5 heteroatoms. The highest BCUT2D eigenvalue weighted by atomic mass is 16.5. The minimum absolute atomic E-state index is 0.727. The van der Waals surface area contributed by atoms with Gasteiger partial charge in [-0.3, -0.25) is 4.90 Å². The Hall–Kier alpha value is -1.72. The number of benzene rings is 1. The van der Waals surface area contributed by atoms with Gasteiger partial charge in [-0.2, -0.15) is 4.98 Å². The number of rotatable bonds is 4. The predicted octanol–water partition coefficient (Wildman–Crippen LogP) is 1.80. The summed E-state index contributed by atoms with van der Waals surface area (Å²) < 4.78 is 5.39. The molecule has 0 radical (unpaired) electrons. The molecule has 0 N–H and O–H groups in total. The summed E-state index contributed by atoms with van der Waals surface area (Å²) in [4.78, 5) is 9.28. The average Bonchev–Trinajstić information content (AvgIpc) is 2.82. The molecule has 1 fully saturated rings. The van der Waals surface area contributed by atoms with E-state index in [2.05, 4.69) is 39.1 Å². The molecule has 0 spiro atoms. The Kier molecular flexibility index (Phi) is 4.62. The van der Waals surface area contributed by atoms with Crippen LogP contribution in [0.25, 0.3) is 0 Å². The second-order valence-electron chi connectivity index (χ2n) is 5.70. The van der Waals surface area contributed by atoms with Gasteiger partial charge in [0.05, 0.1) is 6.54 Å². The second-order valence-corrected chi connectivity index (χ2v) is 5.70. The number of hydrogen-bond donors (Lipinski definition) is 0. The molecule has 0 amide bonds. The van der Waals surface area contributed by atoms with Crippen molar-refractivity contribution in [2.24, 2.45) is 0 Å². The number of nitrogens with zero attached hydrogens (tertiary/aromatic N) is 4. The first kappa shape index (κ1) is 14.2. The van der Waals surface area contributed by atoms with E-state index in [0.29, 0.717) is 0 Å². The maximum absolute atomic E-state index is 5.39. The van der Waals surface area contributed by atoms with E-state index in [1.165, 1.54) is 18.5 Å². The van der Waals surface area contributed by atoms with Crippen LogP contribution < -0.4 is 0 Å². The van der Waals surface area contributed by atoms with E-state index in [1.54, 1.807) is 0 Å². The van der Waals surface area contributed by atoms with Crippen LogP contribution in [0.2, 0.25) is 0 Å². The minimum atomic E-state index is 0.727. The lowest BCUT2D eigenvalue weighted by atomic mass is 10.1. The molecule has 1 aliphatic heterocycles. The lowest BCUT2D eigenvalue weighted by Gasteiger charge is -2.17. The quantitative estimate of drug-likeness (QED) is 0.857. The first-order chi connectivity index (χ1) is 10.3. The molecule has 0 atom stereocenters. The largest absolute Gasteiger partial charge is 0.338 e. The topological polar surface area (TPSA) is 45.4 Å². The predicted molar refractivity (Wildman–Crippen MR) is 80.9 cm³/mol. The van der Waals surface area contributed by atoms with E-state index in [-0.39, 0.29) is 0 Å². The fourth-order valence-electron chi connectivity index (χ4n) is 2.65. The second kappa shape index (κ2) is 6.83. The van der Waals surface area contributed by atoms with Gasteiger partial charge in [0.2, 0.25) is 5.89 Å². The lowest BCUT2D eigenvalue weighted by Crippen LogP contribution is -2.28. The van der Waals surface area contributed by atoms with Crippen LogP contribution in [0.4, 0.5) is 0 Å². The Morgan fingerprint density at radius 2 is 1.95 bits per heavy atom. The SMILES string of the molecule is CN1CCCN(Cc2nc(Cc3ccccc3)no2)CC1. The van der Waals surface area contributed by atoms with Crippen molar-refractivity contribution in [2.75, 3.05) is 33.2 Å².